The van der Waals surface area contributed by atoms with Crippen molar-refractivity contribution in [2.45, 2.75) is 0 Å². The van der Waals surface area contributed by atoms with Crippen molar-refractivity contribution in [2.24, 2.45) is 0 Å². The van der Waals surface area contributed by atoms with Crippen molar-refractivity contribution >= 4 is 39.7 Å². The molecule has 0 radical (unpaired) electrons. The molecule has 0 saturated heterocycles. The van der Waals surface area contributed by atoms with Crippen LogP contribution in [0.25, 0.3) is 10.9 Å². The minimum atomic E-state index is 0.643. The molecule has 3 rings (SSSR count). The number of hydrogen-bond acceptors (Lipinski definition) is 4. The highest BCUT2D eigenvalue weighted by Crippen LogP contribution is 2.28. The summed E-state index contributed by atoms with van der Waals surface area (Å²) in [7, 11) is 0. The molecule has 1 aromatic heterocycles. The third-order valence-electron chi connectivity index (χ3n) is 2.79. The lowest BCUT2D eigenvalue weighted by Gasteiger charge is -2.09. The summed E-state index contributed by atoms with van der Waals surface area (Å²) in [5.41, 5.74) is 8.03. The summed E-state index contributed by atoms with van der Waals surface area (Å²) < 4.78 is 0. The number of nitrogens with two attached hydrogens (primary N) is 1. The largest absolute Gasteiger partial charge is 0.399 e. The molecule has 0 bridgehead atoms. The Morgan fingerprint density at radius 2 is 1.89 bits per heavy atom. The van der Waals surface area contributed by atoms with Crippen molar-refractivity contribution in [1.82, 2.24) is 9.97 Å². The van der Waals surface area contributed by atoms with Crippen LogP contribution in [0.2, 0.25) is 5.02 Å². The van der Waals surface area contributed by atoms with Gasteiger partial charge in [-0.3, -0.25) is 0 Å². The van der Waals surface area contributed by atoms with Gasteiger partial charge < -0.3 is 11.1 Å². The summed E-state index contributed by atoms with van der Waals surface area (Å²) in [4.78, 5) is 8.45. The highest BCUT2D eigenvalue weighted by Gasteiger charge is 2.06. The summed E-state index contributed by atoms with van der Waals surface area (Å²) >= 11 is 6.12. The van der Waals surface area contributed by atoms with Gasteiger partial charge in [0.05, 0.1) is 16.2 Å². The molecule has 0 amide bonds. The van der Waals surface area contributed by atoms with Crippen molar-refractivity contribution in [3.8, 4) is 0 Å². The van der Waals surface area contributed by atoms with E-state index in [0.29, 0.717) is 16.5 Å². The smallest absolute Gasteiger partial charge is 0.141 e. The number of halogens is 1. The van der Waals surface area contributed by atoms with E-state index in [2.05, 4.69) is 15.3 Å². The van der Waals surface area contributed by atoms with E-state index in [9.17, 15) is 0 Å². The van der Waals surface area contributed by atoms with Crippen LogP contribution in [0.4, 0.5) is 17.2 Å². The molecule has 3 N–H and O–H groups in total. The fourth-order valence-electron chi connectivity index (χ4n) is 1.86. The summed E-state index contributed by atoms with van der Waals surface area (Å²) in [5.74, 6) is 0.707. The molecule has 94 valence electrons. The molecule has 0 spiro atoms. The second-order valence-electron chi connectivity index (χ2n) is 4.10. The van der Waals surface area contributed by atoms with E-state index < -0.39 is 0 Å². The van der Waals surface area contributed by atoms with E-state index in [1.807, 2.05) is 42.5 Å². The van der Waals surface area contributed by atoms with Gasteiger partial charge in [0.2, 0.25) is 0 Å². The average molecular weight is 271 g/mol. The number of para-hydroxylation sites is 1. The summed E-state index contributed by atoms with van der Waals surface area (Å²) in [6.07, 6.45) is 1.50. The predicted octanol–water partition coefficient (Wildman–Crippen LogP) is 3.61. The highest BCUT2D eigenvalue weighted by atomic mass is 35.5. The van der Waals surface area contributed by atoms with Gasteiger partial charge in [-0.1, -0.05) is 23.7 Å². The van der Waals surface area contributed by atoms with Crippen molar-refractivity contribution in [3.63, 3.8) is 0 Å². The van der Waals surface area contributed by atoms with E-state index in [0.717, 1.165) is 16.6 Å². The van der Waals surface area contributed by atoms with Crippen molar-refractivity contribution < 1.29 is 0 Å². The van der Waals surface area contributed by atoms with Gasteiger partial charge in [-0.2, -0.15) is 0 Å². The van der Waals surface area contributed by atoms with Crippen molar-refractivity contribution in [3.05, 3.63) is 53.8 Å². The number of anilines is 3. The second-order valence-corrected chi connectivity index (χ2v) is 4.51. The summed E-state index contributed by atoms with van der Waals surface area (Å²) in [6.45, 7) is 0. The number of fused-ring (bicyclic) bond motifs is 1. The first-order valence-corrected chi connectivity index (χ1v) is 6.13. The molecule has 5 heteroatoms. The van der Waals surface area contributed by atoms with Gasteiger partial charge in [0.15, 0.2) is 0 Å². The zero-order valence-corrected chi connectivity index (χ0v) is 10.7. The minimum Gasteiger partial charge on any atom is -0.399 e. The predicted molar refractivity (Wildman–Crippen MR) is 78.7 cm³/mol. The van der Waals surface area contributed by atoms with Crippen molar-refractivity contribution in [1.29, 1.82) is 0 Å². The fraction of sp³-hybridized carbons (Fsp3) is 0. The third-order valence-corrected chi connectivity index (χ3v) is 3.12. The lowest BCUT2D eigenvalue weighted by atomic mass is 10.2. The average Bonchev–Trinajstić information content (AvgIpc) is 2.41. The molecule has 0 aliphatic rings. The van der Waals surface area contributed by atoms with Gasteiger partial charge >= 0.3 is 0 Å². The first kappa shape index (κ1) is 11.7. The van der Waals surface area contributed by atoms with Crippen LogP contribution >= 0.6 is 11.6 Å². The van der Waals surface area contributed by atoms with E-state index in [4.69, 9.17) is 17.3 Å². The molecule has 0 aliphatic heterocycles. The standard InChI is InChI=1S/C14H11ClN4/c15-11-3-1-2-4-12(11)19-14-10-6-5-9(16)7-13(10)17-8-18-14/h1-8H,16H2,(H,17,18,19). The molecule has 0 saturated carbocycles. The van der Waals surface area contributed by atoms with Gasteiger partial charge in [0.25, 0.3) is 0 Å². The molecule has 0 fully saturated rings. The molecule has 3 aromatic rings. The fourth-order valence-corrected chi connectivity index (χ4v) is 2.05. The summed E-state index contributed by atoms with van der Waals surface area (Å²) in [6, 6.07) is 13.0. The third kappa shape index (κ3) is 2.30. The number of benzene rings is 2. The lowest BCUT2D eigenvalue weighted by molar-refractivity contribution is 1.22. The molecule has 19 heavy (non-hydrogen) atoms. The van der Waals surface area contributed by atoms with Gasteiger partial charge in [0.1, 0.15) is 12.1 Å². The monoisotopic (exact) mass is 270 g/mol. The van der Waals surface area contributed by atoms with Gasteiger partial charge in [-0.25, -0.2) is 9.97 Å². The lowest BCUT2D eigenvalue weighted by Crippen LogP contribution is -1.97. The topological polar surface area (TPSA) is 63.8 Å². The van der Waals surface area contributed by atoms with Crippen molar-refractivity contribution in [2.75, 3.05) is 11.1 Å². The number of nitrogens with zero attached hydrogens (tertiary/aromatic N) is 2. The summed E-state index contributed by atoms with van der Waals surface area (Å²) in [5, 5.41) is 4.75. The zero-order valence-electron chi connectivity index (χ0n) is 9.97. The Bertz CT molecular complexity index is 742. The second kappa shape index (κ2) is 4.74. The SMILES string of the molecule is Nc1ccc2c(Nc3ccccc3Cl)ncnc2c1. The van der Waals surface area contributed by atoms with Crippen LogP contribution in [0.1, 0.15) is 0 Å². The van der Waals surface area contributed by atoms with Crippen LogP contribution in [-0.4, -0.2) is 9.97 Å². The minimum absolute atomic E-state index is 0.643. The molecule has 1 heterocycles. The van der Waals surface area contributed by atoms with E-state index in [1.165, 1.54) is 6.33 Å². The normalized spacial score (nSPS) is 10.6. The Labute approximate surface area is 115 Å². The quantitative estimate of drug-likeness (QED) is 0.698. The molecule has 0 atom stereocenters. The van der Waals surface area contributed by atoms with E-state index in [1.54, 1.807) is 0 Å². The van der Waals surface area contributed by atoms with Crippen LogP contribution in [0, 0.1) is 0 Å². The van der Waals surface area contributed by atoms with Crippen LogP contribution in [0.3, 0.4) is 0 Å². The van der Waals surface area contributed by atoms with Crippen LogP contribution in [-0.2, 0) is 0 Å². The maximum absolute atomic E-state index is 6.12. The zero-order chi connectivity index (χ0) is 13.2. The first-order valence-electron chi connectivity index (χ1n) is 5.76. The first-order chi connectivity index (χ1) is 9.24. The van der Waals surface area contributed by atoms with E-state index >= 15 is 0 Å². The van der Waals surface area contributed by atoms with Gasteiger partial charge in [-0.15, -0.1) is 0 Å². The number of nitrogen functional groups attached to an aromatic ring is 1. The number of rotatable bonds is 2. The molecule has 0 unspecified atom stereocenters. The number of hydrogen-bond donors (Lipinski definition) is 2. The van der Waals surface area contributed by atoms with Gasteiger partial charge in [-0.05, 0) is 30.3 Å². The molecule has 2 aromatic carbocycles. The molecule has 4 nitrogen and oxygen atoms in total. The van der Waals surface area contributed by atoms with Crippen LogP contribution in [0.15, 0.2) is 48.8 Å². The maximum atomic E-state index is 6.12. The highest BCUT2D eigenvalue weighted by molar-refractivity contribution is 6.33. The molecular weight excluding hydrogens is 260 g/mol. The maximum Gasteiger partial charge on any atom is 0.141 e. The van der Waals surface area contributed by atoms with Crippen LogP contribution in [0.5, 0.6) is 0 Å². The Morgan fingerprint density at radius 3 is 2.74 bits per heavy atom. The van der Waals surface area contributed by atoms with E-state index in [-0.39, 0.29) is 0 Å². The Balaban J connectivity index is 2.09. The Morgan fingerprint density at radius 1 is 1.05 bits per heavy atom. The number of nitrogens with one attached hydrogen (secondary N) is 1. The molecule has 0 aliphatic carbocycles. The number of aromatic nitrogens is 2. The Kier molecular flexibility index (Phi) is 2.93. The van der Waals surface area contributed by atoms with Gasteiger partial charge in [0, 0.05) is 11.1 Å². The van der Waals surface area contributed by atoms with Crippen LogP contribution < -0.4 is 11.1 Å². The Hall–Kier alpha value is -2.33. The molecular formula is C14H11ClN4.